The fraction of sp³-hybridized carbons (Fsp3) is 0.750. The first-order valence-corrected chi connectivity index (χ1v) is 8.27. The minimum absolute atomic E-state index is 0.00208. The van der Waals surface area contributed by atoms with Crippen molar-refractivity contribution >= 4 is 11.8 Å². The molecule has 1 saturated heterocycles. The number of aliphatic hydroxyl groups is 1. The van der Waals surface area contributed by atoms with Gasteiger partial charge in [0.05, 0.1) is 6.10 Å². The van der Waals surface area contributed by atoms with E-state index in [0.29, 0.717) is 12.0 Å². The molecule has 0 amide bonds. The average molecular weight is 306 g/mol. The first-order chi connectivity index (χ1) is 10.6. The van der Waals surface area contributed by atoms with Crippen molar-refractivity contribution < 1.29 is 9.84 Å². The Hall–Kier alpha value is -1.40. The van der Waals surface area contributed by atoms with Crippen molar-refractivity contribution in [3.63, 3.8) is 0 Å². The smallest absolute Gasteiger partial charge is 0.225 e. The van der Waals surface area contributed by atoms with E-state index in [-0.39, 0.29) is 11.6 Å². The number of anilines is 2. The van der Waals surface area contributed by atoms with Gasteiger partial charge in [0.2, 0.25) is 5.95 Å². The van der Waals surface area contributed by atoms with Crippen molar-refractivity contribution in [2.75, 3.05) is 23.8 Å². The van der Waals surface area contributed by atoms with E-state index < -0.39 is 0 Å². The second kappa shape index (κ2) is 6.79. The van der Waals surface area contributed by atoms with Gasteiger partial charge in [-0.2, -0.15) is 4.98 Å². The van der Waals surface area contributed by atoms with Crippen molar-refractivity contribution in [1.29, 1.82) is 0 Å². The van der Waals surface area contributed by atoms with Crippen LogP contribution in [0.3, 0.4) is 0 Å². The van der Waals surface area contributed by atoms with E-state index in [1.807, 2.05) is 6.07 Å². The lowest BCUT2D eigenvalue weighted by Crippen LogP contribution is -2.41. The molecule has 2 fully saturated rings. The highest BCUT2D eigenvalue weighted by molar-refractivity contribution is 5.41. The molecule has 6 nitrogen and oxygen atoms in total. The second-order valence-electron chi connectivity index (χ2n) is 6.73. The van der Waals surface area contributed by atoms with Gasteiger partial charge in [0.1, 0.15) is 5.82 Å². The zero-order valence-corrected chi connectivity index (χ0v) is 13.2. The van der Waals surface area contributed by atoms with Gasteiger partial charge in [-0.25, -0.2) is 4.98 Å². The van der Waals surface area contributed by atoms with Crippen LogP contribution in [0.1, 0.15) is 45.4 Å². The van der Waals surface area contributed by atoms with Gasteiger partial charge in [-0.05, 0) is 51.5 Å². The Morgan fingerprint density at radius 2 is 2.14 bits per heavy atom. The SMILES string of the molecule is CC1(Nc2nccc(N[C@@H]3CCC[C@H](O)C3)n2)CCOCC1. The van der Waals surface area contributed by atoms with Crippen LogP contribution >= 0.6 is 0 Å². The monoisotopic (exact) mass is 306 g/mol. The molecule has 2 atom stereocenters. The largest absolute Gasteiger partial charge is 0.393 e. The summed E-state index contributed by atoms with van der Waals surface area (Å²) in [5, 5.41) is 16.6. The molecule has 122 valence electrons. The third-order valence-corrected chi connectivity index (χ3v) is 4.66. The average Bonchev–Trinajstić information content (AvgIpc) is 2.48. The molecular formula is C16H26N4O2. The molecule has 0 unspecified atom stereocenters. The highest BCUT2D eigenvalue weighted by Crippen LogP contribution is 2.25. The fourth-order valence-electron chi connectivity index (χ4n) is 3.22. The minimum atomic E-state index is -0.188. The van der Waals surface area contributed by atoms with Crippen LogP contribution < -0.4 is 10.6 Å². The van der Waals surface area contributed by atoms with E-state index >= 15 is 0 Å². The summed E-state index contributed by atoms with van der Waals surface area (Å²) in [5.41, 5.74) is -0.00208. The molecule has 1 aliphatic carbocycles. The summed E-state index contributed by atoms with van der Waals surface area (Å²) in [7, 11) is 0. The van der Waals surface area contributed by atoms with Crippen LogP contribution in [-0.2, 0) is 4.74 Å². The van der Waals surface area contributed by atoms with Gasteiger partial charge >= 0.3 is 0 Å². The normalized spacial score (nSPS) is 28.1. The summed E-state index contributed by atoms with van der Waals surface area (Å²) in [4.78, 5) is 8.91. The molecule has 1 aromatic heterocycles. The van der Waals surface area contributed by atoms with Crippen LogP contribution in [0.25, 0.3) is 0 Å². The molecule has 2 heterocycles. The van der Waals surface area contributed by atoms with E-state index in [4.69, 9.17) is 4.74 Å². The summed E-state index contributed by atoms with van der Waals surface area (Å²) >= 11 is 0. The Bertz CT molecular complexity index is 491. The van der Waals surface area contributed by atoms with E-state index in [2.05, 4.69) is 27.5 Å². The molecule has 1 aromatic rings. The zero-order chi connectivity index (χ0) is 15.4. The molecular weight excluding hydrogens is 280 g/mol. The summed E-state index contributed by atoms with van der Waals surface area (Å²) < 4.78 is 5.42. The minimum Gasteiger partial charge on any atom is -0.393 e. The lowest BCUT2D eigenvalue weighted by atomic mass is 9.93. The molecule has 1 aliphatic heterocycles. The fourth-order valence-corrected chi connectivity index (χ4v) is 3.22. The number of aliphatic hydroxyl groups excluding tert-OH is 1. The van der Waals surface area contributed by atoms with Gasteiger partial charge in [0.25, 0.3) is 0 Å². The Morgan fingerprint density at radius 1 is 1.32 bits per heavy atom. The summed E-state index contributed by atoms with van der Waals surface area (Å²) in [5.74, 6) is 1.48. The summed E-state index contributed by atoms with van der Waals surface area (Å²) in [6.07, 6.45) is 7.36. The molecule has 0 radical (unpaired) electrons. The first-order valence-electron chi connectivity index (χ1n) is 8.27. The number of nitrogens with one attached hydrogen (secondary N) is 2. The number of rotatable bonds is 4. The highest BCUT2D eigenvalue weighted by Gasteiger charge is 2.28. The van der Waals surface area contributed by atoms with Crippen molar-refractivity contribution in [3.05, 3.63) is 12.3 Å². The lowest BCUT2D eigenvalue weighted by Gasteiger charge is -2.34. The third kappa shape index (κ3) is 4.08. The number of nitrogens with zero attached hydrogens (tertiary/aromatic N) is 2. The molecule has 1 saturated carbocycles. The van der Waals surface area contributed by atoms with Crippen LogP contribution in [0.4, 0.5) is 11.8 Å². The third-order valence-electron chi connectivity index (χ3n) is 4.66. The predicted molar refractivity (Wildman–Crippen MR) is 86.0 cm³/mol. The maximum Gasteiger partial charge on any atom is 0.225 e. The number of ether oxygens (including phenoxy) is 1. The Kier molecular flexibility index (Phi) is 4.78. The Morgan fingerprint density at radius 3 is 2.91 bits per heavy atom. The molecule has 0 bridgehead atoms. The van der Waals surface area contributed by atoms with Crippen LogP contribution in [0.2, 0.25) is 0 Å². The van der Waals surface area contributed by atoms with Gasteiger partial charge in [0.15, 0.2) is 0 Å². The van der Waals surface area contributed by atoms with E-state index in [1.54, 1.807) is 6.20 Å². The molecule has 0 spiro atoms. The maximum absolute atomic E-state index is 9.77. The molecule has 0 aromatic carbocycles. The van der Waals surface area contributed by atoms with E-state index in [0.717, 1.165) is 57.6 Å². The first kappa shape index (κ1) is 15.5. The number of aromatic nitrogens is 2. The highest BCUT2D eigenvalue weighted by atomic mass is 16.5. The van der Waals surface area contributed by atoms with Gasteiger partial charge < -0.3 is 20.5 Å². The standard InChI is InChI=1S/C16H26N4O2/c1-16(6-9-22-10-7-16)20-15-17-8-5-14(19-15)18-12-3-2-4-13(21)11-12/h5,8,12-13,21H,2-4,6-7,9-11H2,1H3,(H2,17,18,19,20)/t12-,13+/m1/s1. The number of hydrogen-bond acceptors (Lipinski definition) is 6. The van der Waals surface area contributed by atoms with E-state index in [9.17, 15) is 5.11 Å². The maximum atomic E-state index is 9.77. The second-order valence-corrected chi connectivity index (χ2v) is 6.73. The zero-order valence-electron chi connectivity index (χ0n) is 13.2. The van der Waals surface area contributed by atoms with Crippen molar-refractivity contribution in [1.82, 2.24) is 9.97 Å². The van der Waals surface area contributed by atoms with Gasteiger partial charge in [-0.1, -0.05) is 0 Å². The summed E-state index contributed by atoms with van der Waals surface area (Å²) in [6, 6.07) is 2.18. The van der Waals surface area contributed by atoms with Gasteiger partial charge in [0, 0.05) is 31.0 Å². The van der Waals surface area contributed by atoms with Crippen molar-refractivity contribution in [2.24, 2.45) is 0 Å². The van der Waals surface area contributed by atoms with Gasteiger partial charge in [-0.15, -0.1) is 0 Å². The molecule has 3 N–H and O–H groups in total. The van der Waals surface area contributed by atoms with Crippen LogP contribution in [0, 0.1) is 0 Å². The van der Waals surface area contributed by atoms with Gasteiger partial charge in [-0.3, -0.25) is 0 Å². The van der Waals surface area contributed by atoms with Crippen molar-refractivity contribution in [3.8, 4) is 0 Å². The Balaban J connectivity index is 1.62. The van der Waals surface area contributed by atoms with Crippen LogP contribution in [0.15, 0.2) is 12.3 Å². The molecule has 3 rings (SSSR count). The quantitative estimate of drug-likeness (QED) is 0.791. The molecule has 22 heavy (non-hydrogen) atoms. The lowest BCUT2D eigenvalue weighted by molar-refractivity contribution is 0.0656. The Labute approximate surface area is 131 Å². The van der Waals surface area contributed by atoms with Crippen molar-refractivity contribution in [2.45, 2.75) is 63.1 Å². The van der Waals surface area contributed by atoms with Crippen LogP contribution in [-0.4, -0.2) is 46.0 Å². The van der Waals surface area contributed by atoms with E-state index in [1.165, 1.54) is 0 Å². The molecule has 2 aliphatic rings. The predicted octanol–water partition coefficient (Wildman–Crippen LogP) is 2.17. The summed E-state index contributed by atoms with van der Waals surface area (Å²) in [6.45, 7) is 3.75. The van der Waals surface area contributed by atoms with Crippen LogP contribution in [0.5, 0.6) is 0 Å². The molecule has 6 heteroatoms. The topological polar surface area (TPSA) is 79.3 Å². The number of hydrogen-bond donors (Lipinski definition) is 3.